The Morgan fingerprint density at radius 1 is 1.25 bits per heavy atom. The summed E-state index contributed by atoms with van der Waals surface area (Å²) in [5, 5.41) is 8.92. The molecule has 1 aromatic carbocycles. The number of rotatable bonds is 0. The van der Waals surface area contributed by atoms with Gasteiger partial charge in [0.1, 0.15) is 0 Å². The third kappa shape index (κ3) is 0.717. The maximum atomic E-state index is 12.9. The van der Waals surface area contributed by atoms with Crippen molar-refractivity contribution in [3.05, 3.63) is 30.1 Å². The summed E-state index contributed by atoms with van der Waals surface area (Å²) in [6.07, 6.45) is 0. The number of fused-ring (bicyclic) bond motifs is 1. The van der Waals surface area contributed by atoms with E-state index in [0.29, 0.717) is 0 Å². The second-order valence-corrected chi connectivity index (χ2v) is 2.44. The number of benzene rings is 1. The zero-order valence-corrected chi connectivity index (χ0v) is 5.96. The molecular weight excluding hydrogens is 164 g/mol. The van der Waals surface area contributed by atoms with E-state index < -0.39 is 11.7 Å². The Morgan fingerprint density at radius 2 is 1.92 bits per heavy atom. The van der Waals surface area contributed by atoms with Crippen molar-refractivity contribution in [2.45, 2.75) is 0 Å². The average molecular weight is 169 g/mol. The van der Waals surface area contributed by atoms with Gasteiger partial charge in [-0.15, -0.1) is 4.79 Å². The van der Waals surface area contributed by atoms with Crippen molar-refractivity contribution in [2.75, 3.05) is 0 Å². The maximum absolute atomic E-state index is 12.9. The summed E-state index contributed by atoms with van der Waals surface area (Å²) in [6, 6.07) is 5.93. The molecule has 62 valence electrons. The van der Waals surface area contributed by atoms with Crippen molar-refractivity contribution in [3.63, 3.8) is 0 Å². The molecule has 2 aromatic rings. The summed E-state index contributed by atoms with van der Waals surface area (Å²) < 4.78 is 25.8. The van der Waals surface area contributed by atoms with Crippen LogP contribution in [-0.2, 0) is 0 Å². The average Bonchev–Trinajstić information content (AvgIpc) is 2.33. The van der Waals surface area contributed by atoms with Crippen molar-refractivity contribution >= 4 is 10.9 Å². The quantitative estimate of drug-likeness (QED) is 0.642. The van der Waals surface area contributed by atoms with Crippen LogP contribution in [0.25, 0.3) is 10.9 Å². The van der Waals surface area contributed by atoms with E-state index in [0.717, 1.165) is 0 Å². The molecular formula is C8H5F2NO. The van der Waals surface area contributed by atoms with Gasteiger partial charge in [-0.3, -0.25) is 0 Å². The third-order valence-electron chi connectivity index (χ3n) is 1.73. The molecule has 0 radical (unpaired) electrons. The van der Waals surface area contributed by atoms with Gasteiger partial charge >= 0.3 is 0 Å². The van der Waals surface area contributed by atoms with Gasteiger partial charge in [0.15, 0.2) is 5.82 Å². The Hall–Kier alpha value is -1.58. The van der Waals surface area contributed by atoms with Crippen LogP contribution < -0.4 is 0 Å². The molecule has 0 saturated heterocycles. The number of nitrogens with zero attached hydrogens (tertiary/aromatic N) is 1. The van der Waals surface area contributed by atoms with Crippen LogP contribution in [0, 0.1) is 5.82 Å². The molecule has 0 saturated carbocycles. The highest BCUT2D eigenvalue weighted by Gasteiger charge is 2.15. The lowest BCUT2D eigenvalue weighted by Gasteiger charge is -1.88. The zero-order valence-electron chi connectivity index (χ0n) is 5.96. The molecule has 0 spiro atoms. The van der Waals surface area contributed by atoms with Gasteiger partial charge in [0.05, 0.1) is 5.52 Å². The SMILES string of the molecule is Oc1c(F)c2ccccc2n1F. The number of para-hydroxylation sites is 1. The normalized spacial score (nSPS) is 10.8. The van der Waals surface area contributed by atoms with Crippen LogP contribution in [0.15, 0.2) is 24.3 Å². The van der Waals surface area contributed by atoms with E-state index in [4.69, 9.17) is 5.11 Å². The van der Waals surface area contributed by atoms with E-state index >= 15 is 0 Å². The molecule has 2 rings (SSSR count). The molecule has 0 bridgehead atoms. The number of hydrogen-bond donors (Lipinski definition) is 1. The van der Waals surface area contributed by atoms with E-state index in [-0.39, 0.29) is 15.7 Å². The number of aromatic hydroxyl groups is 1. The predicted octanol–water partition coefficient (Wildman–Crippen LogP) is 2.22. The first-order chi connectivity index (χ1) is 5.72. The molecule has 1 N–H and O–H groups in total. The van der Waals surface area contributed by atoms with Crippen molar-refractivity contribution in [3.8, 4) is 5.88 Å². The molecule has 1 aromatic heterocycles. The number of halogens is 2. The van der Waals surface area contributed by atoms with Gasteiger partial charge in [-0.25, -0.2) is 4.39 Å². The van der Waals surface area contributed by atoms with Gasteiger partial charge < -0.3 is 5.11 Å². The van der Waals surface area contributed by atoms with Crippen molar-refractivity contribution in [1.29, 1.82) is 0 Å². The highest BCUT2D eigenvalue weighted by molar-refractivity contribution is 5.82. The molecule has 0 aliphatic rings. The molecule has 0 aliphatic carbocycles. The first-order valence-corrected chi connectivity index (χ1v) is 3.36. The van der Waals surface area contributed by atoms with Crippen LogP contribution in [0.4, 0.5) is 8.87 Å². The van der Waals surface area contributed by atoms with E-state index in [2.05, 4.69) is 0 Å². The van der Waals surface area contributed by atoms with Crippen LogP contribution in [-0.4, -0.2) is 9.90 Å². The summed E-state index contributed by atoms with van der Waals surface area (Å²) in [7, 11) is 0. The van der Waals surface area contributed by atoms with E-state index in [9.17, 15) is 8.87 Å². The van der Waals surface area contributed by atoms with Gasteiger partial charge in [0.25, 0.3) is 5.88 Å². The van der Waals surface area contributed by atoms with E-state index in [1.54, 1.807) is 12.1 Å². The first kappa shape index (κ1) is 7.09. The zero-order chi connectivity index (χ0) is 8.72. The van der Waals surface area contributed by atoms with Crippen LogP contribution in [0.2, 0.25) is 0 Å². The standard InChI is InChI=1S/C8H5F2NO/c9-7-5-3-1-2-4-6(5)11(10)8(7)12/h1-4,12H. The topological polar surface area (TPSA) is 25.2 Å². The fraction of sp³-hybridized carbons (Fsp3) is 0. The Bertz CT molecular complexity index is 397. The Morgan fingerprint density at radius 3 is 2.58 bits per heavy atom. The Kier molecular flexibility index (Phi) is 1.30. The minimum absolute atomic E-state index is 0.0347. The fourth-order valence-electron chi connectivity index (χ4n) is 1.15. The summed E-state index contributed by atoms with van der Waals surface area (Å²) >= 11 is 0. The Balaban J connectivity index is 2.99. The maximum Gasteiger partial charge on any atom is 0.258 e. The highest BCUT2D eigenvalue weighted by Crippen LogP contribution is 2.28. The van der Waals surface area contributed by atoms with Crippen molar-refractivity contribution in [1.82, 2.24) is 4.79 Å². The molecule has 4 heteroatoms. The molecule has 2 nitrogen and oxygen atoms in total. The predicted molar refractivity (Wildman–Crippen MR) is 40.1 cm³/mol. The summed E-state index contributed by atoms with van der Waals surface area (Å²) in [6.45, 7) is 0. The van der Waals surface area contributed by atoms with Gasteiger partial charge in [-0.05, 0) is 12.1 Å². The summed E-state index contributed by atoms with van der Waals surface area (Å²) in [5.74, 6) is -1.90. The van der Waals surface area contributed by atoms with Crippen LogP contribution in [0.1, 0.15) is 0 Å². The van der Waals surface area contributed by atoms with Gasteiger partial charge in [-0.2, -0.15) is 0 Å². The van der Waals surface area contributed by atoms with Gasteiger partial charge in [-0.1, -0.05) is 16.6 Å². The lowest BCUT2D eigenvalue weighted by molar-refractivity contribution is 0.291. The molecule has 0 atom stereocenters. The lowest BCUT2D eigenvalue weighted by Crippen LogP contribution is -1.78. The highest BCUT2D eigenvalue weighted by atomic mass is 19.2. The molecule has 0 amide bonds. The van der Waals surface area contributed by atoms with E-state index in [1.807, 2.05) is 0 Å². The molecule has 12 heavy (non-hydrogen) atoms. The van der Waals surface area contributed by atoms with E-state index in [1.165, 1.54) is 12.1 Å². The number of hydrogen-bond acceptors (Lipinski definition) is 1. The van der Waals surface area contributed by atoms with Crippen LogP contribution in [0.5, 0.6) is 5.88 Å². The largest absolute Gasteiger partial charge is 0.491 e. The monoisotopic (exact) mass is 169 g/mol. The molecule has 0 unspecified atom stereocenters. The minimum Gasteiger partial charge on any atom is -0.491 e. The van der Waals surface area contributed by atoms with Gasteiger partial charge in [0.2, 0.25) is 0 Å². The molecule has 1 heterocycles. The first-order valence-electron chi connectivity index (χ1n) is 3.36. The van der Waals surface area contributed by atoms with Gasteiger partial charge in [0, 0.05) is 5.39 Å². The molecule has 0 aliphatic heterocycles. The van der Waals surface area contributed by atoms with Crippen molar-refractivity contribution in [2.24, 2.45) is 0 Å². The molecule has 0 fully saturated rings. The minimum atomic E-state index is -0.976. The fourth-order valence-corrected chi connectivity index (χ4v) is 1.15. The number of aromatic nitrogens is 1. The van der Waals surface area contributed by atoms with Crippen LogP contribution in [0.3, 0.4) is 0 Å². The second kappa shape index (κ2) is 2.20. The third-order valence-corrected chi connectivity index (χ3v) is 1.73. The summed E-state index contributed by atoms with van der Waals surface area (Å²) in [5.41, 5.74) is 0.0347. The summed E-state index contributed by atoms with van der Waals surface area (Å²) in [4.78, 5) is -0.0787. The second-order valence-electron chi connectivity index (χ2n) is 2.44. The smallest absolute Gasteiger partial charge is 0.258 e. The van der Waals surface area contributed by atoms with Crippen LogP contribution >= 0.6 is 0 Å². The lowest BCUT2D eigenvalue weighted by atomic mass is 10.2. The Labute approximate surface area is 66.6 Å². The van der Waals surface area contributed by atoms with Crippen molar-refractivity contribution < 1.29 is 14.0 Å².